The molecule has 0 spiro atoms. The summed E-state index contributed by atoms with van der Waals surface area (Å²) in [5, 5.41) is 103. The normalized spacial score (nSPS) is 15.0. The zero-order valence-corrected chi connectivity index (χ0v) is 68.2. The minimum atomic E-state index is -2.03. The Morgan fingerprint density at radius 1 is 0.410 bits per heavy atom. The number of carboxylic acids is 9. The Labute approximate surface area is 699 Å². The number of nitrogens with one attached hydrogen (secondary N) is 7. The van der Waals surface area contributed by atoms with E-state index in [2.05, 4.69) is 37.2 Å². The number of amides is 8. The third kappa shape index (κ3) is 42.7. The fourth-order valence-corrected chi connectivity index (χ4v) is 13.0. The molecule has 0 saturated carbocycles. The summed E-state index contributed by atoms with van der Waals surface area (Å²) >= 11 is 0. The summed E-state index contributed by atoms with van der Waals surface area (Å²) in [7, 11) is 0. The lowest BCUT2D eigenvalue weighted by atomic mass is 9.88. The van der Waals surface area contributed by atoms with Gasteiger partial charge in [0.05, 0.1) is 42.8 Å². The standard InChI is InChI=1S/C79H111N9O34/c1-41(2)33-56(78(120)81-39-42(3)89)87-79(121)57-7-5-31-88(57)63(96)40-122-32-6-8-58(91)55(34-44-9-11-45(12-10-44)43(4)90)86-76(118)49(16-25-67(103)104)38-61(94)53(20-29-71(111)112)84-74(116)47(14-23-65(99)100)36-59(92)51(18-27-69(107)108)82-73(115)46(13-22-64(97)98)35-60(93)52(19-28-70(109)110)83-75(117)48(15-24-66(101)102)37-62(95)54(21-30-72(113)114)85-77(119)50(80)17-26-68(105)106/h9-12,41,46-57H,5-8,13-40,80H2,1-4H3,(H,81,120)(H,82,115)(H,83,117)(H,84,116)(H,85,119)(H,86,118)(H,87,121)(H,97,98)(H,99,100)(H,101,102)(H,103,104)(H,105,106)(H,107,108)(H,109,110)(H,111,112)(H,113,114)/t46-,47-,48-,49-,50+,51+,52+,53+,54+,55-,56-,57-/m0/s1. The van der Waals surface area contributed by atoms with Gasteiger partial charge in [-0.3, -0.25) is 115 Å². The second-order valence-corrected chi connectivity index (χ2v) is 30.2. The van der Waals surface area contributed by atoms with Gasteiger partial charge in [0.25, 0.3) is 0 Å². The first-order valence-corrected chi connectivity index (χ1v) is 39.6. The molecule has 1 saturated heterocycles. The maximum Gasteiger partial charge on any atom is 0.303 e. The summed E-state index contributed by atoms with van der Waals surface area (Å²) in [5.41, 5.74) is 6.41. The van der Waals surface area contributed by atoms with E-state index in [4.69, 9.17) is 15.6 Å². The lowest BCUT2D eigenvalue weighted by Gasteiger charge is -2.27. The van der Waals surface area contributed by atoms with Gasteiger partial charge in [0.15, 0.2) is 34.7 Å². The van der Waals surface area contributed by atoms with Crippen molar-refractivity contribution in [2.45, 2.75) is 256 Å². The van der Waals surface area contributed by atoms with Crippen molar-refractivity contribution in [3.8, 4) is 0 Å². The van der Waals surface area contributed by atoms with Gasteiger partial charge in [-0.15, -0.1) is 0 Å². The van der Waals surface area contributed by atoms with Gasteiger partial charge in [-0.1, -0.05) is 38.1 Å². The second-order valence-electron chi connectivity index (χ2n) is 30.2. The average molecular weight is 1730 g/mol. The van der Waals surface area contributed by atoms with Crippen LogP contribution in [0.4, 0.5) is 0 Å². The number of ketones is 7. The Balaban J connectivity index is 2.57. The van der Waals surface area contributed by atoms with E-state index >= 15 is 0 Å². The Morgan fingerprint density at radius 2 is 0.746 bits per heavy atom. The van der Waals surface area contributed by atoms with E-state index in [0.29, 0.717) is 12.0 Å². The van der Waals surface area contributed by atoms with Crippen molar-refractivity contribution in [2.75, 3.05) is 26.3 Å². The van der Waals surface area contributed by atoms with E-state index in [1.54, 1.807) is 0 Å². The monoisotopic (exact) mass is 1730 g/mol. The zero-order valence-electron chi connectivity index (χ0n) is 68.2. The Bertz CT molecular complexity index is 3960. The number of hydrogen-bond donors (Lipinski definition) is 17. The van der Waals surface area contributed by atoms with Gasteiger partial charge in [0.2, 0.25) is 47.3 Å². The lowest BCUT2D eigenvalue weighted by Crippen LogP contribution is -2.54. The number of Topliss-reactive ketones (excluding diaryl/α,β-unsaturated/α-hetero) is 7. The number of likely N-dealkylation sites (tertiary alicyclic amines) is 1. The van der Waals surface area contributed by atoms with Crippen LogP contribution in [-0.2, 0) is 121 Å². The van der Waals surface area contributed by atoms with E-state index in [1.165, 1.54) is 43.0 Å². The second kappa shape index (κ2) is 54.9. The van der Waals surface area contributed by atoms with Crippen LogP contribution in [0.2, 0.25) is 0 Å². The number of carbonyl (C=O) groups excluding carboxylic acids is 15. The Hall–Kier alpha value is -12.2. The zero-order chi connectivity index (χ0) is 92.2. The number of nitrogens with two attached hydrogens (primary N) is 1. The minimum absolute atomic E-state index is 0.0559. The first kappa shape index (κ1) is 106. The molecule has 122 heavy (non-hydrogen) atoms. The Morgan fingerprint density at radius 3 is 1.08 bits per heavy atom. The molecule has 1 aromatic rings. The third-order valence-corrected chi connectivity index (χ3v) is 19.7. The fourth-order valence-electron chi connectivity index (χ4n) is 13.0. The van der Waals surface area contributed by atoms with Crippen molar-refractivity contribution < 1.29 is 166 Å². The van der Waals surface area contributed by atoms with Crippen molar-refractivity contribution in [1.29, 1.82) is 0 Å². The third-order valence-electron chi connectivity index (χ3n) is 19.7. The van der Waals surface area contributed by atoms with Gasteiger partial charge in [-0.05, 0) is 115 Å². The van der Waals surface area contributed by atoms with Gasteiger partial charge in [0.1, 0.15) is 24.5 Å². The average Bonchev–Trinajstić information content (AvgIpc) is 1.75. The number of rotatable bonds is 66. The molecule has 0 bridgehead atoms. The number of carboxylic acid groups (broad SMARTS) is 9. The highest BCUT2D eigenvalue weighted by Gasteiger charge is 2.40. The van der Waals surface area contributed by atoms with Crippen LogP contribution in [0.5, 0.6) is 0 Å². The smallest absolute Gasteiger partial charge is 0.303 e. The Kier molecular flexibility index (Phi) is 47.6. The van der Waals surface area contributed by atoms with Crippen LogP contribution in [-0.4, -0.2) is 267 Å². The predicted molar refractivity (Wildman–Crippen MR) is 417 cm³/mol. The van der Waals surface area contributed by atoms with Crippen LogP contribution in [0.25, 0.3) is 0 Å². The molecule has 2 rings (SSSR count). The van der Waals surface area contributed by atoms with Crippen LogP contribution in [0.15, 0.2) is 24.3 Å². The summed E-state index contributed by atoms with van der Waals surface area (Å²) in [6.45, 7) is 5.32. The minimum Gasteiger partial charge on any atom is -0.481 e. The van der Waals surface area contributed by atoms with Gasteiger partial charge < -0.3 is 98.5 Å². The number of ether oxygens (including phenoxy) is 1. The highest BCUT2D eigenvalue weighted by molar-refractivity contribution is 6.01. The molecule has 12 atom stereocenters. The van der Waals surface area contributed by atoms with Gasteiger partial charge in [-0.25, -0.2) is 0 Å². The van der Waals surface area contributed by atoms with Crippen LogP contribution < -0.4 is 43.0 Å². The van der Waals surface area contributed by atoms with E-state index in [-0.39, 0.29) is 74.8 Å². The molecule has 1 aliphatic heterocycles. The molecule has 1 heterocycles. The molecule has 1 fully saturated rings. The van der Waals surface area contributed by atoms with Crippen molar-refractivity contribution >= 4 is 141 Å². The molecule has 0 aromatic heterocycles. The van der Waals surface area contributed by atoms with Gasteiger partial charge in [-0.2, -0.15) is 0 Å². The summed E-state index contributed by atoms with van der Waals surface area (Å²) in [6.07, 6.45) is -18.3. The van der Waals surface area contributed by atoms with E-state index in [1.807, 2.05) is 13.8 Å². The van der Waals surface area contributed by atoms with Crippen molar-refractivity contribution in [3.63, 3.8) is 0 Å². The largest absolute Gasteiger partial charge is 0.481 e. The van der Waals surface area contributed by atoms with Crippen molar-refractivity contribution in [2.24, 2.45) is 35.3 Å². The van der Waals surface area contributed by atoms with Crippen molar-refractivity contribution in [3.05, 3.63) is 35.4 Å². The molecule has 0 radical (unpaired) electrons. The molecule has 0 aliphatic carbocycles. The molecular weight excluding hydrogens is 1620 g/mol. The number of carbonyl (C=O) groups is 24. The summed E-state index contributed by atoms with van der Waals surface area (Å²) in [4.78, 5) is 314. The van der Waals surface area contributed by atoms with Crippen LogP contribution in [0.1, 0.15) is 217 Å². The molecule has 43 nitrogen and oxygen atoms in total. The number of nitrogens with zero attached hydrogens (tertiary/aromatic N) is 1. The molecular formula is C79H111N9O34. The number of aliphatic carboxylic acids is 9. The molecule has 18 N–H and O–H groups in total. The van der Waals surface area contributed by atoms with Crippen molar-refractivity contribution in [1.82, 2.24) is 42.1 Å². The summed E-state index contributed by atoms with van der Waals surface area (Å²) in [5.74, 6) is -35.3. The quantitative estimate of drug-likeness (QED) is 0.0298. The maximum absolute atomic E-state index is 14.6. The van der Waals surface area contributed by atoms with E-state index in [9.17, 15) is 156 Å². The molecule has 0 unspecified atom stereocenters. The highest BCUT2D eigenvalue weighted by atomic mass is 16.5. The SMILES string of the molecule is CC(=O)CNC(=O)[C@H](CC(C)C)NC(=O)[C@@H]1CCCN1C(=O)COCCCC(=O)[C@H](Cc1ccc(C(C)=O)cc1)NC(=O)[C@@H](CCC(=O)O)CC(=O)[C@@H](CCC(=O)O)NC(=O)[C@@H](CCC(=O)O)CC(=O)[C@@H](CCC(=O)O)NC(=O)[C@@H](CCC(=O)O)CC(=O)[C@@H](CCC(=O)O)NC(=O)[C@@H](CCC(=O)O)CC(=O)[C@@H](CCC(=O)O)NC(=O)[C@H](N)CCC(=O)O. The van der Waals surface area contributed by atoms with Crippen LogP contribution in [0, 0.1) is 29.6 Å². The van der Waals surface area contributed by atoms with E-state index < -0.39 is 350 Å². The highest BCUT2D eigenvalue weighted by Crippen LogP contribution is 2.25. The molecule has 43 heteroatoms. The van der Waals surface area contributed by atoms with Crippen LogP contribution >= 0.6 is 0 Å². The summed E-state index contributed by atoms with van der Waals surface area (Å²) in [6, 6.07) is -6.92. The first-order chi connectivity index (χ1) is 57.2. The predicted octanol–water partition coefficient (Wildman–Crippen LogP) is -0.139. The van der Waals surface area contributed by atoms with Gasteiger partial charge >= 0.3 is 53.7 Å². The molecule has 1 aliphatic rings. The van der Waals surface area contributed by atoms with E-state index in [0.717, 1.165) is 0 Å². The number of hydrogen-bond acceptors (Lipinski definition) is 26. The maximum atomic E-state index is 14.6. The number of benzene rings is 1. The van der Waals surface area contributed by atoms with Crippen LogP contribution in [0.3, 0.4) is 0 Å². The molecule has 8 amide bonds. The summed E-state index contributed by atoms with van der Waals surface area (Å²) < 4.78 is 5.64. The first-order valence-electron chi connectivity index (χ1n) is 39.6. The fraction of sp³-hybridized carbons (Fsp3) is 0.620. The molecule has 676 valence electrons. The lowest BCUT2D eigenvalue weighted by molar-refractivity contribution is -0.143. The van der Waals surface area contributed by atoms with Gasteiger partial charge in [0, 0.05) is 132 Å². The topological polar surface area (TPSA) is 714 Å². The molecule has 1 aromatic carbocycles.